The average molecular weight is 291 g/mol. The van der Waals surface area contributed by atoms with Gasteiger partial charge in [-0.2, -0.15) is 10.2 Å². The lowest BCUT2D eigenvalue weighted by Gasteiger charge is -2.07. The number of ether oxygens (including phenoxy) is 1. The van der Waals surface area contributed by atoms with Gasteiger partial charge in [-0.25, -0.2) is 0 Å². The molecular formula is C14H21N5O2. The quantitative estimate of drug-likeness (QED) is 0.840. The van der Waals surface area contributed by atoms with E-state index in [1.165, 1.54) is 0 Å². The molecule has 0 saturated heterocycles. The highest BCUT2D eigenvalue weighted by Crippen LogP contribution is 2.14. The van der Waals surface area contributed by atoms with Crippen molar-refractivity contribution >= 4 is 11.7 Å². The number of rotatable bonds is 5. The van der Waals surface area contributed by atoms with Crippen LogP contribution in [0.15, 0.2) is 6.07 Å². The van der Waals surface area contributed by atoms with Crippen molar-refractivity contribution in [2.45, 2.75) is 47.4 Å². The summed E-state index contributed by atoms with van der Waals surface area (Å²) in [6.45, 7) is 8.57. The molecule has 2 N–H and O–H groups in total. The number of nitrogens with zero attached hydrogens (tertiary/aromatic N) is 4. The Morgan fingerprint density at radius 3 is 2.57 bits per heavy atom. The van der Waals surface area contributed by atoms with Gasteiger partial charge in [-0.15, -0.1) is 0 Å². The smallest absolute Gasteiger partial charge is 0.328 e. The van der Waals surface area contributed by atoms with Gasteiger partial charge in [-0.05, 0) is 33.8 Å². The summed E-state index contributed by atoms with van der Waals surface area (Å²) < 4.78 is 8.68. The lowest BCUT2D eigenvalue weighted by molar-refractivity contribution is -0.146. The summed E-state index contributed by atoms with van der Waals surface area (Å²) in [5.41, 5.74) is 9.75. The van der Waals surface area contributed by atoms with Gasteiger partial charge in [0.1, 0.15) is 13.2 Å². The number of nitrogens with two attached hydrogens (primary N) is 1. The second-order valence-corrected chi connectivity index (χ2v) is 5.00. The molecule has 0 aliphatic carbocycles. The van der Waals surface area contributed by atoms with E-state index in [2.05, 4.69) is 10.2 Å². The fourth-order valence-electron chi connectivity index (χ4n) is 2.18. The molecule has 0 saturated carbocycles. The third kappa shape index (κ3) is 3.24. The normalized spacial score (nSPS) is 10.9. The van der Waals surface area contributed by atoms with Crippen LogP contribution in [0.25, 0.3) is 0 Å². The maximum atomic E-state index is 11.9. The number of nitrogen functional groups attached to an aromatic ring is 1. The van der Waals surface area contributed by atoms with Crippen molar-refractivity contribution in [1.29, 1.82) is 0 Å². The van der Waals surface area contributed by atoms with Crippen LogP contribution in [0.5, 0.6) is 0 Å². The van der Waals surface area contributed by atoms with Crippen LogP contribution in [-0.4, -0.2) is 25.5 Å². The summed E-state index contributed by atoms with van der Waals surface area (Å²) in [5, 5.41) is 8.53. The van der Waals surface area contributed by atoms with Crippen molar-refractivity contribution in [2.75, 3.05) is 5.73 Å². The van der Waals surface area contributed by atoms with Gasteiger partial charge in [0.2, 0.25) is 0 Å². The Morgan fingerprint density at radius 1 is 1.29 bits per heavy atom. The van der Waals surface area contributed by atoms with E-state index in [1.807, 2.05) is 38.4 Å². The van der Waals surface area contributed by atoms with Crippen LogP contribution in [0.2, 0.25) is 0 Å². The van der Waals surface area contributed by atoms with Crippen molar-refractivity contribution < 1.29 is 9.53 Å². The number of hydrogen-bond acceptors (Lipinski definition) is 5. The zero-order valence-corrected chi connectivity index (χ0v) is 12.9. The highest BCUT2D eigenvalue weighted by atomic mass is 16.5. The Morgan fingerprint density at radius 2 is 2.00 bits per heavy atom. The molecule has 7 nitrogen and oxygen atoms in total. The topological polar surface area (TPSA) is 88.0 Å². The molecule has 0 radical (unpaired) electrons. The summed E-state index contributed by atoms with van der Waals surface area (Å²) in [6, 6.07) is 1.91. The molecule has 7 heteroatoms. The first kappa shape index (κ1) is 15.1. The Labute approximate surface area is 123 Å². The number of aryl methyl sites for hydroxylation is 3. The Balaban J connectivity index is 1.97. The molecule has 0 aliphatic rings. The van der Waals surface area contributed by atoms with Gasteiger partial charge in [0, 0.05) is 6.54 Å². The predicted octanol–water partition coefficient (Wildman–Crippen LogP) is 1.35. The van der Waals surface area contributed by atoms with E-state index < -0.39 is 0 Å². The maximum Gasteiger partial charge on any atom is 0.328 e. The SMILES string of the molecule is CCn1nc(C)cc1COC(=O)Cn1nc(C)c(N)c1C. The van der Waals surface area contributed by atoms with E-state index in [1.54, 1.807) is 4.68 Å². The molecule has 0 aromatic carbocycles. The highest BCUT2D eigenvalue weighted by Gasteiger charge is 2.13. The lowest BCUT2D eigenvalue weighted by Crippen LogP contribution is -2.16. The first-order chi connectivity index (χ1) is 9.92. The van der Waals surface area contributed by atoms with Crippen LogP contribution in [0.3, 0.4) is 0 Å². The van der Waals surface area contributed by atoms with Crippen LogP contribution in [-0.2, 0) is 29.2 Å². The Bertz CT molecular complexity index is 657. The van der Waals surface area contributed by atoms with Crippen molar-refractivity contribution in [3.8, 4) is 0 Å². The van der Waals surface area contributed by atoms with Crippen molar-refractivity contribution in [1.82, 2.24) is 19.6 Å². The standard InChI is InChI=1S/C14H21N5O2/c1-5-18-12(6-9(2)16-18)8-21-13(20)7-19-11(4)14(15)10(3)17-19/h6H,5,7-8,15H2,1-4H3. The highest BCUT2D eigenvalue weighted by molar-refractivity contribution is 5.69. The monoisotopic (exact) mass is 291 g/mol. The molecule has 2 aromatic heterocycles. The predicted molar refractivity (Wildman–Crippen MR) is 78.5 cm³/mol. The van der Waals surface area contributed by atoms with Crippen LogP contribution >= 0.6 is 0 Å². The molecule has 114 valence electrons. The molecule has 0 aliphatic heterocycles. The molecule has 0 bridgehead atoms. The molecule has 0 spiro atoms. The molecule has 0 fully saturated rings. The van der Waals surface area contributed by atoms with Crippen molar-refractivity contribution in [3.63, 3.8) is 0 Å². The second-order valence-electron chi connectivity index (χ2n) is 5.00. The molecule has 21 heavy (non-hydrogen) atoms. The first-order valence-electron chi connectivity index (χ1n) is 6.90. The first-order valence-corrected chi connectivity index (χ1v) is 6.90. The third-order valence-corrected chi connectivity index (χ3v) is 3.38. The molecule has 0 unspecified atom stereocenters. The number of hydrogen-bond donors (Lipinski definition) is 1. The summed E-state index contributed by atoms with van der Waals surface area (Å²) >= 11 is 0. The van der Waals surface area contributed by atoms with Gasteiger partial charge in [0.15, 0.2) is 0 Å². The number of anilines is 1. The summed E-state index contributed by atoms with van der Waals surface area (Å²) in [4.78, 5) is 11.9. The van der Waals surface area contributed by atoms with Gasteiger partial charge in [-0.1, -0.05) is 0 Å². The number of esters is 1. The van der Waals surface area contributed by atoms with Crippen molar-refractivity contribution in [2.24, 2.45) is 0 Å². The van der Waals surface area contributed by atoms with Crippen LogP contribution in [0.1, 0.15) is 29.7 Å². The maximum absolute atomic E-state index is 11.9. The van der Waals surface area contributed by atoms with E-state index in [4.69, 9.17) is 10.5 Å². The van der Waals surface area contributed by atoms with Gasteiger partial charge in [-0.3, -0.25) is 14.2 Å². The number of carbonyl (C=O) groups is 1. The second kappa shape index (κ2) is 5.99. The number of carbonyl (C=O) groups excluding carboxylic acids is 1. The molecule has 2 heterocycles. The average Bonchev–Trinajstić information content (AvgIpc) is 2.92. The molecule has 0 amide bonds. The lowest BCUT2D eigenvalue weighted by atomic mass is 10.3. The minimum Gasteiger partial charge on any atom is -0.458 e. The zero-order chi connectivity index (χ0) is 15.6. The molecule has 2 aromatic rings. The van der Waals surface area contributed by atoms with E-state index in [0.29, 0.717) is 5.69 Å². The summed E-state index contributed by atoms with van der Waals surface area (Å²) in [7, 11) is 0. The zero-order valence-electron chi connectivity index (χ0n) is 12.9. The summed E-state index contributed by atoms with van der Waals surface area (Å²) in [5.74, 6) is -0.345. The fraction of sp³-hybridized carbons (Fsp3) is 0.500. The molecule has 0 atom stereocenters. The van der Waals surface area contributed by atoms with Crippen LogP contribution < -0.4 is 5.73 Å². The third-order valence-electron chi connectivity index (χ3n) is 3.38. The van der Waals surface area contributed by atoms with E-state index in [9.17, 15) is 4.79 Å². The van der Waals surface area contributed by atoms with Crippen molar-refractivity contribution in [3.05, 3.63) is 28.8 Å². The van der Waals surface area contributed by atoms with Gasteiger partial charge >= 0.3 is 5.97 Å². The minimum atomic E-state index is -0.345. The fourth-order valence-corrected chi connectivity index (χ4v) is 2.18. The van der Waals surface area contributed by atoms with E-state index in [0.717, 1.165) is 29.3 Å². The van der Waals surface area contributed by atoms with E-state index in [-0.39, 0.29) is 19.1 Å². The van der Waals surface area contributed by atoms with Crippen LogP contribution in [0.4, 0.5) is 5.69 Å². The Hall–Kier alpha value is -2.31. The van der Waals surface area contributed by atoms with Crippen LogP contribution in [0, 0.1) is 20.8 Å². The minimum absolute atomic E-state index is 0.0586. The van der Waals surface area contributed by atoms with Gasteiger partial charge in [0.25, 0.3) is 0 Å². The molecular weight excluding hydrogens is 270 g/mol. The number of aromatic nitrogens is 4. The van der Waals surface area contributed by atoms with E-state index >= 15 is 0 Å². The van der Waals surface area contributed by atoms with Gasteiger partial charge < -0.3 is 10.5 Å². The molecule has 2 rings (SSSR count). The summed E-state index contributed by atoms with van der Waals surface area (Å²) in [6.07, 6.45) is 0. The largest absolute Gasteiger partial charge is 0.458 e. The Kier molecular flexibility index (Phi) is 4.30. The van der Waals surface area contributed by atoms with Gasteiger partial charge in [0.05, 0.1) is 28.5 Å².